The fraction of sp³-hybridized carbons (Fsp3) is 0.304. The summed E-state index contributed by atoms with van der Waals surface area (Å²) in [6.45, 7) is 10.8. The van der Waals surface area contributed by atoms with Gasteiger partial charge < -0.3 is 8.98 Å². The Bertz CT molecular complexity index is 1080. The van der Waals surface area contributed by atoms with E-state index in [2.05, 4.69) is 66.5 Å². The fourth-order valence-corrected chi connectivity index (χ4v) is 3.63. The molecule has 0 aliphatic carbocycles. The molecule has 28 heavy (non-hydrogen) atoms. The molecule has 1 radical (unpaired) electrons. The molecule has 5 heteroatoms. The van der Waals surface area contributed by atoms with Crippen molar-refractivity contribution in [2.24, 2.45) is 0 Å². The van der Waals surface area contributed by atoms with Gasteiger partial charge in [0.2, 0.25) is 0 Å². The number of hydrogen-bond donors (Lipinski definition) is 0. The standard InChI is InChI=1S/C23H24N3O.Ir/c1-14(2)17-8-6-9-18(15(3)4)21(17)26-13-12-24-23(26)19-10-7-11-20-22(19)27-16(5)25-20;/h6-9,11-15H,1-5H3;/q-1;. The molecule has 0 amide bonds. The van der Waals surface area contributed by atoms with E-state index in [0.29, 0.717) is 17.7 Å². The van der Waals surface area contributed by atoms with Gasteiger partial charge in [-0.2, -0.15) is 0 Å². The molecule has 0 saturated carbocycles. The van der Waals surface area contributed by atoms with E-state index in [1.54, 1.807) is 0 Å². The van der Waals surface area contributed by atoms with E-state index in [-0.39, 0.29) is 20.1 Å². The number of benzene rings is 2. The Balaban J connectivity index is 0.00000225. The van der Waals surface area contributed by atoms with Crippen molar-refractivity contribution in [3.05, 3.63) is 65.8 Å². The monoisotopic (exact) mass is 551 g/mol. The summed E-state index contributed by atoms with van der Waals surface area (Å²) >= 11 is 0. The predicted octanol–water partition coefficient (Wildman–Crippen LogP) is 6.03. The fourth-order valence-electron chi connectivity index (χ4n) is 3.63. The van der Waals surface area contributed by atoms with Gasteiger partial charge in [0.1, 0.15) is 0 Å². The van der Waals surface area contributed by atoms with Gasteiger partial charge in [-0.15, -0.1) is 18.2 Å². The maximum absolute atomic E-state index is 5.87. The van der Waals surface area contributed by atoms with Crippen LogP contribution in [0.25, 0.3) is 28.2 Å². The van der Waals surface area contributed by atoms with Crippen LogP contribution in [-0.4, -0.2) is 14.5 Å². The maximum atomic E-state index is 5.87. The summed E-state index contributed by atoms with van der Waals surface area (Å²) in [5.41, 5.74) is 6.22. The number of fused-ring (bicyclic) bond motifs is 1. The second-order valence-electron chi connectivity index (χ2n) is 7.52. The van der Waals surface area contributed by atoms with Gasteiger partial charge in [-0.3, -0.25) is 4.98 Å². The van der Waals surface area contributed by atoms with E-state index in [9.17, 15) is 0 Å². The van der Waals surface area contributed by atoms with Crippen LogP contribution in [0.5, 0.6) is 0 Å². The SMILES string of the molecule is Cc1nc2cc[c-]c(-c3nccn3-c3c(C(C)C)cccc3C(C)C)c2o1.[Ir]. The van der Waals surface area contributed by atoms with Gasteiger partial charge in [-0.1, -0.05) is 51.5 Å². The van der Waals surface area contributed by atoms with Crippen LogP contribution in [0.15, 0.2) is 47.1 Å². The van der Waals surface area contributed by atoms with Crippen molar-refractivity contribution < 1.29 is 24.5 Å². The molecule has 147 valence electrons. The van der Waals surface area contributed by atoms with Gasteiger partial charge in [0.05, 0.1) is 11.4 Å². The van der Waals surface area contributed by atoms with Crippen LogP contribution >= 0.6 is 0 Å². The third-order valence-corrected chi connectivity index (χ3v) is 4.90. The molecule has 2 aromatic heterocycles. The van der Waals surface area contributed by atoms with Gasteiger partial charge in [0.15, 0.2) is 5.89 Å². The smallest absolute Gasteiger partial charge is 0.180 e. The van der Waals surface area contributed by atoms with Crippen molar-refractivity contribution in [3.8, 4) is 17.1 Å². The number of oxazole rings is 1. The third-order valence-electron chi connectivity index (χ3n) is 4.90. The molecule has 2 heterocycles. The van der Waals surface area contributed by atoms with E-state index < -0.39 is 0 Å². The number of aryl methyl sites for hydroxylation is 1. The average molecular weight is 551 g/mol. The number of para-hydroxylation sites is 1. The molecule has 2 aromatic carbocycles. The maximum Gasteiger partial charge on any atom is 0.180 e. The van der Waals surface area contributed by atoms with Crippen molar-refractivity contribution in [2.75, 3.05) is 0 Å². The Morgan fingerprint density at radius 3 is 2.36 bits per heavy atom. The van der Waals surface area contributed by atoms with Gasteiger partial charge in [0.25, 0.3) is 0 Å². The zero-order chi connectivity index (χ0) is 19.1. The van der Waals surface area contributed by atoms with Crippen LogP contribution in [0.2, 0.25) is 0 Å². The van der Waals surface area contributed by atoms with Crippen LogP contribution < -0.4 is 0 Å². The van der Waals surface area contributed by atoms with Crippen LogP contribution in [0, 0.1) is 13.0 Å². The summed E-state index contributed by atoms with van der Waals surface area (Å²) in [6.07, 6.45) is 3.87. The van der Waals surface area contributed by atoms with Gasteiger partial charge >= 0.3 is 0 Å². The first-order valence-corrected chi connectivity index (χ1v) is 9.42. The molecule has 0 fully saturated rings. The second kappa shape index (κ2) is 8.02. The molecule has 0 aliphatic heterocycles. The van der Waals surface area contributed by atoms with Crippen molar-refractivity contribution in [1.29, 1.82) is 0 Å². The number of nitrogens with zero attached hydrogens (tertiary/aromatic N) is 3. The minimum atomic E-state index is 0. The predicted molar refractivity (Wildman–Crippen MR) is 108 cm³/mol. The molecular formula is C23H24IrN3O-. The summed E-state index contributed by atoms with van der Waals surface area (Å²) in [5, 5.41) is 0. The average Bonchev–Trinajstić information content (AvgIpc) is 3.25. The van der Waals surface area contributed by atoms with Crippen LogP contribution in [0.3, 0.4) is 0 Å². The molecule has 0 unspecified atom stereocenters. The van der Waals surface area contributed by atoms with Crippen LogP contribution in [-0.2, 0) is 20.1 Å². The molecule has 4 rings (SSSR count). The number of hydrogen-bond acceptors (Lipinski definition) is 3. The largest absolute Gasteiger partial charge is 0.488 e. The first kappa shape index (κ1) is 20.5. The van der Waals surface area contributed by atoms with Crippen molar-refractivity contribution in [3.63, 3.8) is 0 Å². The van der Waals surface area contributed by atoms with Crippen LogP contribution in [0.4, 0.5) is 0 Å². The van der Waals surface area contributed by atoms with Gasteiger partial charge in [0, 0.05) is 50.6 Å². The Morgan fingerprint density at radius 1 is 1.04 bits per heavy atom. The minimum Gasteiger partial charge on any atom is -0.488 e. The van der Waals surface area contributed by atoms with Crippen molar-refractivity contribution in [1.82, 2.24) is 14.5 Å². The van der Waals surface area contributed by atoms with Crippen molar-refractivity contribution >= 4 is 11.1 Å². The Labute approximate surface area is 179 Å². The summed E-state index contributed by atoms with van der Waals surface area (Å²) in [4.78, 5) is 9.12. The molecule has 4 nitrogen and oxygen atoms in total. The normalized spacial score (nSPS) is 11.4. The summed E-state index contributed by atoms with van der Waals surface area (Å²) in [5.74, 6) is 2.28. The van der Waals surface area contributed by atoms with E-state index in [1.807, 2.05) is 31.5 Å². The Kier molecular flexibility index (Phi) is 5.87. The molecule has 0 atom stereocenters. The minimum absolute atomic E-state index is 0. The molecule has 0 bridgehead atoms. The summed E-state index contributed by atoms with van der Waals surface area (Å²) in [6, 6.07) is 13.7. The quantitative estimate of drug-likeness (QED) is 0.291. The number of aromatic nitrogens is 3. The van der Waals surface area contributed by atoms with Crippen molar-refractivity contribution in [2.45, 2.75) is 46.5 Å². The first-order valence-electron chi connectivity index (χ1n) is 9.42. The molecule has 0 aliphatic rings. The third kappa shape index (κ3) is 3.45. The topological polar surface area (TPSA) is 43.9 Å². The van der Waals surface area contributed by atoms with E-state index in [4.69, 9.17) is 4.42 Å². The second-order valence-corrected chi connectivity index (χ2v) is 7.52. The number of imidazole rings is 1. The molecule has 0 saturated heterocycles. The summed E-state index contributed by atoms with van der Waals surface area (Å²) in [7, 11) is 0. The Hall–Kier alpha value is -2.23. The number of rotatable bonds is 4. The van der Waals surface area contributed by atoms with E-state index in [1.165, 1.54) is 16.8 Å². The van der Waals surface area contributed by atoms with Gasteiger partial charge in [-0.05, 0) is 23.0 Å². The molecular weight excluding hydrogens is 526 g/mol. The molecule has 0 N–H and O–H groups in total. The Morgan fingerprint density at radius 2 is 1.71 bits per heavy atom. The van der Waals surface area contributed by atoms with E-state index >= 15 is 0 Å². The van der Waals surface area contributed by atoms with Gasteiger partial charge in [-0.25, -0.2) is 4.98 Å². The van der Waals surface area contributed by atoms with E-state index in [0.717, 1.165) is 22.5 Å². The molecule has 4 aromatic rings. The zero-order valence-corrected chi connectivity index (χ0v) is 19.2. The molecule has 0 spiro atoms. The first-order chi connectivity index (χ1) is 13.0. The van der Waals surface area contributed by atoms with Crippen LogP contribution in [0.1, 0.15) is 56.5 Å². The summed E-state index contributed by atoms with van der Waals surface area (Å²) < 4.78 is 8.05. The zero-order valence-electron chi connectivity index (χ0n) is 16.8.